The number of benzene rings is 1. The minimum Gasteiger partial charge on any atom is -0.465 e. The van der Waals surface area contributed by atoms with Gasteiger partial charge < -0.3 is 15.2 Å². The molecule has 34 heavy (non-hydrogen) atoms. The summed E-state index contributed by atoms with van der Waals surface area (Å²) in [5.41, 5.74) is -1.03. The third-order valence-electron chi connectivity index (χ3n) is 6.04. The standard InChI is InChI=1S/C23H23F3N4O4/c1-34-22(33)16-10-18-14(11-30(29-18)15-7-5-13(12-31)6-8-15)9-19(16)28-21(32)17-3-2-4-20(27-17)23(24,25)26/h2-4,9-11,13,15,31H,5-8,12H2,1H3,(H,28,32). The molecule has 11 heteroatoms. The molecule has 180 valence electrons. The number of ether oxygens (including phenoxy) is 1. The van der Waals surface area contributed by atoms with Crippen molar-refractivity contribution >= 4 is 28.5 Å². The van der Waals surface area contributed by atoms with Crippen LogP contribution in [0.15, 0.2) is 36.5 Å². The number of aliphatic hydroxyl groups excluding tert-OH is 1. The number of fused-ring (bicyclic) bond motifs is 1. The van der Waals surface area contributed by atoms with E-state index < -0.39 is 29.4 Å². The van der Waals surface area contributed by atoms with Crippen molar-refractivity contribution in [3.63, 3.8) is 0 Å². The minimum absolute atomic E-state index is 0.0181. The van der Waals surface area contributed by atoms with Gasteiger partial charge in [0.2, 0.25) is 0 Å². The molecule has 1 amide bonds. The van der Waals surface area contributed by atoms with Crippen LogP contribution in [0.2, 0.25) is 0 Å². The molecule has 1 fully saturated rings. The number of hydrogen-bond acceptors (Lipinski definition) is 6. The van der Waals surface area contributed by atoms with Gasteiger partial charge in [0.15, 0.2) is 0 Å². The summed E-state index contributed by atoms with van der Waals surface area (Å²) in [4.78, 5) is 28.4. The summed E-state index contributed by atoms with van der Waals surface area (Å²) in [6.07, 6.45) is 0.587. The zero-order chi connectivity index (χ0) is 24.5. The van der Waals surface area contributed by atoms with Crippen molar-refractivity contribution in [2.45, 2.75) is 37.9 Å². The molecule has 2 heterocycles. The fourth-order valence-electron chi connectivity index (χ4n) is 4.16. The van der Waals surface area contributed by atoms with E-state index in [1.807, 2.05) is 4.68 Å². The lowest BCUT2D eigenvalue weighted by Gasteiger charge is -2.27. The number of carbonyl (C=O) groups is 2. The number of methoxy groups -OCH3 is 1. The second-order valence-corrected chi connectivity index (χ2v) is 8.27. The first-order valence-electron chi connectivity index (χ1n) is 10.8. The molecule has 0 bridgehead atoms. The number of alkyl halides is 3. The normalized spacial score (nSPS) is 18.6. The average Bonchev–Trinajstić information content (AvgIpc) is 3.25. The molecule has 1 aliphatic carbocycles. The van der Waals surface area contributed by atoms with Gasteiger partial charge in [-0.2, -0.15) is 18.3 Å². The molecule has 3 aromatic rings. The van der Waals surface area contributed by atoms with Crippen LogP contribution in [0, 0.1) is 5.92 Å². The summed E-state index contributed by atoms with van der Waals surface area (Å²) < 4.78 is 45.5. The van der Waals surface area contributed by atoms with E-state index in [0.29, 0.717) is 16.8 Å². The highest BCUT2D eigenvalue weighted by atomic mass is 19.4. The van der Waals surface area contributed by atoms with Crippen molar-refractivity contribution in [3.8, 4) is 0 Å². The number of carbonyl (C=O) groups excluding carboxylic acids is 2. The Labute approximate surface area is 192 Å². The van der Waals surface area contributed by atoms with Crippen LogP contribution < -0.4 is 5.32 Å². The van der Waals surface area contributed by atoms with Crippen molar-refractivity contribution in [2.24, 2.45) is 5.92 Å². The van der Waals surface area contributed by atoms with Crippen molar-refractivity contribution < 1.29 is 32.6 Å². The molecule has 0 atom stereocenters. The zero-order valence-corrected chi connectivity index (χ0v) is 18.3. The topological polar surface area (TPSA) is 106 Å². The van der Waals surface area contributed by atoms with E-state index in [1.54, 1.807) is 6.20 Å². The number of pyridine rings is 1. The summed E-state index contributed by atoms with van der Waals surface area (Å²) in [6.45, 7) is 0.167. The Morgan fingerprint density at radius 2 is 1.94 bits per heavy atom. The molecule has 2 N–H and O–H groups in total. The fraction of sp³-hybridized carbons (Fsp3) is 0.391. The van der Waals surface area contributed by atoms with Gasteiger partial charge in [-0.1, -0.05) is 6.07 Å². The summed E-state index contributed by atoms with van der Waals surface area (Å²) in [5, 5.41) is 17.0. The molecule has 1 saturated carbocycles. The van der Waals surface area contributed by atoms with Crippen molar-refractivity contribution in [2.75, 3.05) is 19.0 Å². The minimum atomic E-state index is -4.70. The third-order valence-corrected chi connectivity index (χ3v) is 6.04. The number of amides is 1. The monoisotopic (exact) mass is 476 g/mol. The van der Waals surface area contributed by atoms with Crippen LogP contribution in [-0.2, 0) is 10.9 Å². The summed E-state index contributed by atoms with van der Waals surface area (Å²) in [6, 6.07) is 6.17. The van der Waals surface area contributed by atoms with Gasteiger partial charge in [-0.05, 0) is 55.9 Å². The molecule has 1 aromatic carbocycles. The van der Waals surface area contributed by atoms with Crippen LogP contribution >= 0.6 is 0 Å². The number of esters is 1. The number of anilines is 1. The van der Waals surface area contributed by atoms with E-state index in [2.05, 4.69) is 15.4 Å². The fourth-order valence-corrected chi connectivity index (χ4v) is 4.16. The van der Waals surface area contributed by atoms with Gasteiger partial charge in [0.05, 0.1) is 29.9 Å². The largest absolute Gasteiger partial charge is 0.465 e. The summed E-state index contributed by atoms with van der Waals surface area (Å²) >= 11 is 0. The third kappa shape index (κ3) is 4.89. The molecule has 1 aliphatic rings. The number of nitrogens with one attached hydrogen (secondary N) is 1. The highest BCUT2D eigenvalue weighted by Crippen LogP contribution is 2.33. The van der Waals surface area contributed by atoms with E-state index >= 15 is 0 Å². The first-order chi connectivity index (χ1) is 16.2. The van der Waals surface area contributed by atoms with Crippen LogP contribution in [-0.4, -0.2) is 45.5 Å². The lowest BCUT2D eigenvalue weighted by molar-refractivity contribution is -0.141. The number of nitrogens with zero attached hydrogens (tertiary/aromatic N) is 3. The van der Waals surface area contributed by atoms with Gasteiger partial charge in [-0.15, -0.1) is 0 Å². The van der Waals surface area contributed by atoms with Crippen LogP contribution in [0.25, 0.3) is 10.9 Å². The van der Waals surface area contributed by atoms with Crippen LogP contribution in [0.3, 0.4) is 0 Å². The Morgan fingerprint density at radius 3 is 2.59 bits per heavy atom. The van der Waals surface area contributed by atoms with Gasteiger partial charge in [0.25, 0.3) is 5.91 Å². The second-order valence-electron chi connectivity index (χ2n) is 8.27. The van der Waals surface area contributed by atoms with E-state index in [4.69, 9.17) is 4.74 Å². The number of aromatic nitrogens is 3. The Hall–Kier alpha value is -3.47. The van der Waals surface area contributed by atoms with Crippen LogP contribution in [0.4, 0.5) is 18.9 Å². The predicted octanol–water partition coefficient (Wildman–Crippen LogP) is 4.21. The smallest absolute Gasteiger partial charge is 0.433 e. The Balaban J connectivity index is 1.65. The Morgan fingerprint density at radius 1 is 1.21 bits per heavy atom. The zero-order valence-electron chi connectivity index (χ0n) is 18.3. The molecular formula is C23H23F3N4O4. The lowest BCUT2D eigenvalue weighted by atomic mass is 9.87. The lowest BCUT2D eigenvalue weighted by Crippen LogP contribution is -2.20. The maximum Gasteiger partial charge on any atom is 0.433 e. The molecule has 0 spiro atoms. The average molecular weight is 476 g/mol. The number of aliphatic hydroxyl groups is 1. The highest BCUT2D eigenvalue weighted by molar-refractivity contribution is 6.09. The first-order valence-corrected chi connectivity index (χ1v) is 10.8. The van der Waals surface area contributed by atoms with Crippen molar-refractivity contribution in [3.05, 3.63) is 53.5 Å². The maximum atomic E-state index is 13.0. The molecule has 0 aliphatic heterocycles. The first kappa shape index (κ1) is 23.7. The highest BCUT2D eigenvalue weighted by Gasteiger charge is 2.33. The molecule has 8 nitrogen and oxygen atoms in total. The number of halogens is 3. The molecule has 0 unspecified atom stereocenters. The van der Waals surface area contributed by atoms with Crippen LogP contribution in [0.5, 0.6) is 0 Å². The van der Waals surface area contributed by atoms with E-state index in [9.17, 15) is 27.9 Å². The second kappa shape index (κ2) is 9.41. The summed E-state index contributed by atoms with van der Waals surface area (Å²) in [5.74, 6) is -1.34. The van der Waals surface area contributed by atoms with Gasteiger partial charge >= 0.3 is 12.1 Å². The van der Waals surface area contributed by atoms with E-state index in [1.165, 1.54) is 19.2 Å². The van der Waals surface area contributed by atoms with E-state index in [-0.39, 0.29) is 23.9 Å². The van der Waals surface area contributed by atoms with Gasteiger partial charge in [-0.25, -0.2) is 9.78 Å². The van der Waals surface area contributed by atoms with Gasteiger partial charge in [0.1, 0.15) is 11.4 Å². The SMILES string of the molecule is COC(=O)c1cc2nn(C3CCC(CO)CC3)cc2cc1NC(=O)c1cccc(C(F)(F)F)n1. The number of hydrogen-bond donors (Lipinski definition) is 2. The summed E-state index contributed by atoms with van der Waals surface area (Å²) in [7, 11) is 1.19. The van der Waals surface area contributed by atoms with Gasteiger partial charge in [-0.3, -0.25) is 9.48 Å². The van der Waals surface area contributed by atoms with Gasteiger partial charge in [0, 0.05) is 18.2 Å². The molecule has 4 rings (SSSR count). The molecular weight excluding hydrogens is 453 g/mol. The number of rotatable bonds is 5. The van der Waals surface area contributed by atoms with Crippen molar-refractivity contribution in [1.29, 1.82) is 0 Å². The van der Waals surface area contributed by atoms with Crippen LogP contribution in [0.1, 0.15) is 58.3 Å². The Kier molecular flexibility index (Phi) is 6.56. The molecule has 2 aromatic heterocycles. The van der Waals surface area contributed by atoms with E-state index in [0.717, 1.165) is 43.9 Å². The molecule has 0 radical (unpaired) electrons. The molecule has 0 saturated heterocycles. The predicted molar refractivity (Wildman–Crippen MR) is 116 cm³/mol. The quantitative estimate of drug-likeness (QED) is 0.535. The Bertz CT molecular complexity index is 1220. The van der Waals surface area contributed by atoms with Crippen molar-refractivity contribution in [1.82, 2.24) is 14.8 Å². The maximum absolute atomic E-state index is 13.0.